The summed E-state index contributed by atoms with van der Waals surface area (Å²) in [6.07, 6.45) is 0.263. The van der Waals surface area contributed by atoms with Crippen LogP contribution in [-0.4, -0.2) is 54.3 Å². The van der Waals surface area contributed by atoms with Crippen LogP contribution < -0.4 is 16.8 Å². The first-order valence-corrected chi connectivity index (χ1v) is 13.7. The molecule has 0 aliphatic carbocycles. The number of carbonyl (C=O) groups is 2. The molecule has 0 spiro atoms. The summed E-state index contributed by atoms with van der Waals surface area (Å²) >= 11 is 24.2. The molecule has 0 saturated carbocycles. The monoisotopic (exact) mass is 611 g/mol. The van der Waals surface area contributed by atoms with Gasteiger partial charge < -0.3 is 21.9 Å². The maximum Gasteiger partial charge on any atom is 0.326 e. The van der Waals surface area contributed by atoms with Crippen molar-refractivity contribution in [2.45, 2.75) is 43.3 Å². The van der Waals surface area contributed by atoms with E-state index in [2.05, 4.69) is 10.3 Å². The van der Waals surface area contributed by atoms with Crippen LogP contribution >= 0.6 is 46.4 Å². The number of carbonyl (C=O) groups excluding carboxylic acids is 1. The molecule has 0 aliphatic heterocycles. The summed E-state index contributed by atoms with van der Waals surface area (Å²) in [6.45, 7) is 1.16. The minimum Gasteiger partial charge on any atom is -0.480 e. The summed E-state index contributed by atoms with van der Waals surface area (Å²) in [5.74, 6) is -2.30. The number of aliphatic carboxylic acids is 1. The van der Waals surface area contributed by atoms with Crippen molar-refractivity contribution in [3.05, 3.63) is 62.1 Å². The molecule has 2 aromatic carbocycles. The highest BCUT2D eigenvalue weighted by atomic mass is 35.5. The summed E-state index contributed by atoms with van der Waals surface area (Å²) in [7, 11) is -4.38. The third kappa shape index (κ3) is 9.20. The Bertz CT molecular complexity index is 1250. The first-order valence-electron chi connectivity index (χ1n) is 10.7. The van der Waals surface area contributed by atoms with Gasteiger partial charge in [-0.2, -0.15) is 4.31 Å². The van der Waals surface area contributed by atoms with Crippen molar-refractivity contribution in [3.63, 3.8) is 0 Å². The van der Waals surface area contributed by atoms with E-state index in [1.165, 1.54) is 43.3 Å². The molecule has 2 unspecified atom stereocenters. The molecular weight excluding hydrogens is 588 g/mol. The zero-order chi connectivity index (χ0) is 27.9. The van der Waals surface area contributed by atoms with Gasteiger partial charge in [0.25, 0.3) is 0 Å². The summed E-state index contributed by atoms with van der Waals surface area (Å²) in [5, 5.41) is 12.6. The lowest BCUT2D eigenvalue weighted by atomic mass is 10.1. The van der Waals surface area contributed by atoms with E-state index >= 15 is 0 Å². The van der Waals surface area contributed by atoms with Crippen LogP contribution in [0.5, 0.6) is 0 Å². The average molecular weight is 613 g/mol. The van der Waals surface area contributed by atoms with Crippen LogP contribution in [0.15, 0.2) is 46.3 Å². The van der Waals surface area contributed by atoms with Crippen molar-refractivity contribution in [3.8, 4) is 0 Å². The molecule has 0 heterocycles. The van der Waals surface area contributed by atoms with Gasteiger partial charge in [0.1, 0.15) is 12.1 Å². The van der Waals surface area contributed by atoms with E-state index in [4.69, 9.17) is 57.9 Å². The number of benzene rings is 2. The lowest BCUT2D eigenvalue weighted by Gasteiger charge is -2.29. The van der Waals surface area contributed by atoms with Gasteiger partial charge in [0.05, 0.1) is 4.90 Å². The zero-order valence-electron chi connectivity index (χ0n) is 19.5. The van der Waals surface area contributed by atoms with Crippen LogP contribution in [0, 0.1) is 0 Å². The molecule has 10 nitrogen and oxygen atoms in total. The number of nitrogens with two attached hydrogens (primary N) is 2. The predicted octanol–water partition coefficient (Wildman–Crippen LogP) is 3.50. The Morgan fingerprint density at radius 3 is 2.00 bits per heavy atom. The minimum atomic E-state index is -4.38. The highest BCUT2D eigenvalue weighted by molar-refractivity contribution is 7.89. The molecule has 2 rings (SSSR count). The average Bonchev–Trinajstić information content (AvgIpc) is 2.77. The van der Waals surface area contributed by atoms with Crippen LogP contribution in [0.3, 0.4) is 0 Å². The topological polar surface area (TPSA) is 168 Å². The van der Waals surface area contributed by atoms with Crippen molar-refractivity contribution in [1.82, 2.24) is 9.62 Å². The molecule has 0 aliphatic rings. The first-order chi connectivity index (χ1) is 17.2. The third-order valence-corrected chi connectivity index (χ3v) is 7.84. The van der Waals surface area contributed by atoms with E-state index in [-0.39, 0.29) is 56.9 Å². The van der Waals surface area contributed by atoms with Gasteiger partial charge in [-0.15, -0.1) is 0 Å². The molecule has 6 N–H and O–H groups in total. The summed E-state index contributed by atoms with van der Waals surface area (Å²) in [5.41, 5.74) is 10.9. The predicted molar refractivity (Wildman–Crippen MR) is 145 cm³/mol. The largest absolute Gasteiger partial charge is 0.480 e. The van der Waals surface area contributed by atoms with Crippen LogP contribution in [0.1, 0.15) is 25.3 Å². The van der Waals surface area contributed by atoms with Gasteiger partial charge in [0.15, 0.2) is 5.96 Å². The van der Waals surface area contributed by atoms with Crippen molar-refractivity contribution < 1.29 is 23.1 Å². The molecule has 202 valence electrons. The van der Waals surface area contributed by atoms with Gasteiger partial charge in [-0.05, 0) is 61.7 Å². The van der Waals surface area contributed by atoms with Gasteiger partial charge in [-0.1, -0.05) is 46.4 Å². The van der Waals surface area contributed by atoms with E-state index in [9.17, 15) is 23.1 Å². The standard InChI is InChI=1S/C22H25Cl4N5O5S/c1-12(20(32)30-19(21(33)34)3-2-4-29-22(27)28)31(11-13-5-14(23)7-15(24)6-13)37(35,36)18-9-16(25)8-17(26)10-18/h5-10,12,19H,2-4,11H2,1H3,(H,30,32)(H,33,34)(H4,27,28,29). The van der Waals surface area contributed by atoms with Crippen molar-refractivity contribution in [2.24, 2.45) is 16.5 Å². The smallest absolute Gasteiger partial charge is 0.326 e. The minimum absolute atomic E-state index is 0.00508. The highest BCUT2D eigenvalue weighted by Crippen LogP contribution is 2.28. The fourth-order valence-electron chi connectivity index (χ4n) is 3.31. The SMILES string of the molecule is CC(C(=O)NC(CCCN=C(N)N)C(=O)O)N(Cc1cc(Cl)cc(Cl)c1)S(=O)(=O)c1cc(Cl)cc(Cl)c1. The fraction of sp³-hybridized carbons (Fsp3) is 0.318. The van der Waals surface area contributed by atoms with Crippen molar-refractivity contribution in [2.75, 3.05) is 6.54 Å². The molecule has 1 amide bonds. The number of hydrogen-bond donors (Lipinski definition) is 4. The number of rotatable bonds is 12. The zero-order valence-corrected chi connectivity index (χ0v) is 23.3. The molecule has 0 fully saturated rings. The number of amides is 1. The van der Waals surface area contributed by atoms with Gasteiger partial charge in [-0.3, -0.25) is 9.79 Å². The number of halogens is 4. The number of nitrogens with zero attached hydrogens (tertiary/aromatic N) is 2. The van der Waals surface area contributed by atoms with Crippen LogP contribution in [0.25, 0.3) is 0 Å². The van der Waals surface area contributed by atoms with Crippen molar-refractivity contribution >= 4 is 74.3 Å². The Morgan fingerprint density at radius 2 is 1.51 bits per heavy atom. The summed E-state index contributed by atoms with van der Waals surface area (Å²) in [4.78, 5) is 28.4. The van der Waals surface area contributed by atoms with E-state index in [1.54, 1.807) is 0 Å². The van der Waals surface area contributed by atoms with E-state index in [0.717, 1.165) is 4.31 Å². The third-order valence-electron chi connectivity index (χ3n) is 5.07. The number of carboxylic acids is 1. The Labute approximate surface area is 234 Å². The number of aliphatic imine (C=N–C) groups is 1. The Kier molecular flexibility index (Phi) is 11.3. The highest BCUT2D eigenvalue weighted by Gasteiger charge is 2.35. The second-order valence-corrected chi connectivity index (χ2v) is 11.6. The lowest BCUT2D eigenvalue weighted by Crippen LogP contribution is -2.51. The number of sulfonamides is 1. The molecule has 37 heavy (non-hydrogen) atoms. The second kappa shape index (κ2) is 13.5. The molecular formula is C22H25Cl4N5O5S. The number of guanidine groups is 1. The summed E-state index contributed by atoms with van der Waals surface area (Å²) < 4.78 is 28.2. The Hall–Kier alpha value is -2.28. The first kappa shape index (κ1) is 30.9. The van der Waals surface area contributed by atoms with Gasteiger partial charge >= 0.3 is 5.97 Å². The Balaban J connectivity index is 2.40. The number of hydrogen-bond acceptors (Lipinski definition) is 5. The van der Waals surface area contributed by atoms with Crippen LogP contribution in [0.2, 0.25) is 20.1 Å². The maximum absolute atomic E-state index is 13.7. The number of nitrogens with one attached hydrogen (secondary N) is 1. The molecule has 0 radical (unpaired) electrons. The quantitative estimate of drug-likeness (QED) is 0.161. The van der Waals surface area contributed by atoms with Crippen molar-refractivity contribution in [1.29, 1.82) is 0 Å². The van der Waals surface area contributed by atoms with Crippen LogP contribution in [0.4, 0.5) is 0 Å². The van der Waals surface area contributed by atoms with Gasteiger partial charge in [0, 0.05) is 33.2 Å². The van der Waals surface area contributed by atoms with Gasteiger partial charge in [0.2, 0.25) is 15.9 Å². The molecule has 15 heteroatoms. The number of carboxylic acid groups (broad SMARTS) is 1. The molecule has 2 atom stereocenters. The van der Waals surface area contributed by atoms with Crippen LogP contribution in [-0.2, 0) is 26.2 Å². The van der Waals surface area contributed by atoms with Gasteiger partial charge in [-0.25, -0.2) is 13.2 Å². The van der Waals surface area contributed by atoms with E-state index in [0.29, 0.717) is 5.56 Å². The van der Waals surface area contributed by atoms with E-state index < -0.39 is 34.0 Å². The molecule has 0 aromatic heterocycles. The van der Waals surface area contributed by atoms with E-state index in [1.807, 2.05) is 0 Å². The maximum atomic E-state index is 13.7. The fourth-order valence-corrected chi connectivity index (χ4v) is 6.19. The molecule has 2 aromatic rings. The normalized spacial score (nSPS) is 13.1. The molecule has 0 saturated heterocycles. The second-order valence-electron chi connectivity index (χ2n) is 7.96. The Morgan fingerprint density at radius 1 is 1.00 bits per heavy atom. The summed E-state index contributed by atoms with van der Waals surface area (Å²) in [6, 6.07) is 5.53. The lowest BCUT2D eigenvalue weighted by molar-refractivity contribution is -0.142. The molecule has 0 bridgehead atoms.